The Balaban J connectivity index is 1.45. The fraction of sp³-hybridized carbons (Fsp3) is 0.348. The van der Waals surface area contributed by atoms with Gasteiger partial charge in [-0.05, 0) is 37.6 Å². The molecule has 1 saturated heterocycles. The van der Waals surface area contributed by atoms with Gasteiger partial charge in [-0.25, -0.2) is 0 Å². The molecular formula is C23H24ClN3O3. The largest absolute Gasteiger partial charge is 0.368 e. The monoisotopic (exact) mass is 425 g/mol. The number of aryl methyl sites for hydroxylation is 2. The number of hydrogen-bond acceptors (Lipinski definition) is 5. The summed E-state index contributed by atoms with van der Waals surface area (Å²) in [6.07, 6.45) is 0.682. The molecule has 1 aliphatic heterocycles. The molecule has 30 heavy (non-hydrogen) atoms. The smallest absolute Gasteiger partial charge is 0.227 e. The van der Waals surface area contributed by atoms with Crippen molar-refractivity contribution in [1.29, 1.82) is 0 Å². The van der Waals surface area contributed by atoms with Crippen LogP contribution in [0.1, 0.15) is 40.1 Å². The van der Waals surface area contributed by atoms with Gasteiger partial charge in [0.2, 0.25) is 5.91 Å². The van der Waals surface area contributed by atoms with Crippen LogP contribution in [0.25, 0.3) is 0 Å². The van der Waals surface area contributed by atoms with Gasteiger partial charge >= 0.3 is 0 Å². The minimum atomic E-state index is -0.251. The summed E-state index contributed by atoms with van der Waals surface area (Å²) in [5.74, 6) is 0.740. The second kappa shape index (κ2) is 8.98. The molecule has 0 spiro atoms. The number of carbonyl (C=O) groups excluding carboxylic acids is 1. The van der Waals surface area contributed by atoms with E-state index in [1.165, 1.54) is 0 Å². The number of pyridine rings is 1. The number of nitrogens with zero attached hydrogens (tertiary/aromatic N) is 3. The van der Waals surface area contributed by atoms with Crippen molar-refractivity contribution < 1.29 is 14.1 Å². The van der Waals surface area contributed by atoms with E-state index in [0.717, 1.165) is 33.2 Å². The molecular weight excluding hydrogens is 402 g/mol. The van der Waals surface area contributed by atoms with Gasteiger partial charge in [0.1, 0.15) is 11.9 Å². The summed E-state index contributed by atoms with van der Waals surface area (Å²) >= 11 is 6.29. The number of rotatable bonds is 5. The summed E-state index contributed by atoms with van der Waals surface area (Å²) in [7, 11) is 0. The van der Waals surface area contributed by atoms with Crippen LogP contribution in [0.15, 0.2) is 47.0 Å². The summed E-state index contributed by atoms with van der Waals surface area (Å²) in [6.45, 7) is 5.21. The van der Waals surface area contributed by atoms with Crippen molar-refractivity contribution in [2.75, 3.05) is 19.7 Å². The van der Waals surface area contributed by atoms with Gasteiger partial charge in [-0.1, -0.05) is 41.0 Å². The lowest BCUT2D eigenvalue weighted by Crippen LogP contribution is -2.43. The third kappa shape index (κ3) is 4.55. The number of hydrogen-bond donors (Lipinski definition) is 0. The molecule has 0 unspecified atom stereocenters. The fourth-order valence-corrected chi connectivity index (χ4v) is 3.89. The van der Waals surface area contributed by atoms with E-state index in [-0.39, 0.29) is 18.4 Å². The van der Waals surface area contributed by atoms with Gasteiger partial charge in [-0.15, -0.1) is 0 Å². The van der Waals surface area contributed by atoms with Crippen LogP contribution in [0.2, 0.25) is 5.02 Å². The molecule has 1 aromatic carbocycles. The number of morpholine rings is 1. The first kappa shape index (κ1) is 20.6. The lowest BCUT2D eigenvalue weighted by Gasteiger charge is -2.33. The Morgan fingerprint density at radius 1 is 1.20 bits per heavy atom. The van der Waals surface area contributed by atoms with Crippen molar-refractivity contribution >= 4 is 17.5 Å². The molecule has 7 heteroatoms. The maximum Gasteiger partial charge on any atom is 0.227 e. The molecule has 1 aliphatic rings. The zero-order chi connectivity index (χ0) is 21.1. The van der Waals surface area contributed by atoms with Crippen LogP contribution < -0.4 is 0 Å². The van der Waals surface area contributed by atoms with Gasteiger partial charge in [-0.2, -0.15) is 0 Å². The predicted octanol–water partition coefficient (Wildman–Crippen LogP) is 4.07. The average molecular weight is 426 g/mol. The number of amides is 1. The highest BCUT2D eigenvalue weighted by Crippen LogP contribution is 2.24. The van der Waals surface area contributed by atoms with Crippen LogP contribution in [-0.2, 0) is 22.4 Å². The number of carbonyl (C=O) groups is 1. The number of halogens is 1. The van der Waals surface area contributed by atoms with Gasteiger partial charge in [-0.3, -0.25) is 9.78 Å². The highest BCUT2D eigenvalue weighted by molar-refractivity contribution is 6.31. The van der Waals surface area contributed by atoms with Crippen LogP contribution in [0.4, 0.5) is 0 Å². The Morgan fingerprint density at radius 2 is 2.03 bits per heavy atom. The quantitative estimate of drug-likeness (QED) is 0.616. The standard InChI is InChI=1S/C23H24ClN3O3/c1-15-19(16(2)30-26-15)13-23(28)27-10-11-29-22(14-27)21-9-5-7-18(25-21)12-17-6-3-4-8-20(17)24/h3-9,22H,10-14H2,1-2H3/t22-/m0/s1. The second-order valence-electron chi connectivity index (χ2n) is 7.50. The molecule has 4 rings (SSSR count). The summed E-state index contributed by atoms with van der Waals surface area (Å²) in [5.41, 5.74) is 4.41. The highest BCUT2D eigenvalue weighted by Gasteiger charge is 2.27. The summed E-state index contributed by atoms with van der Waals surface area (Å²) < 4.78 is 11.1. The first-order valence-electron chi connectivity index (χ1n) is 10.0. The third-order valence-electron chi connectivity index (χ3n) is 5.42. The lowest BCUT2D eigenvalue weighted by atomic mass is 10.1. The molecule has 0 saturated carbocycles. The fourth-order valence-electron chi connectivity index (χ4n) is 3.68. The van der Waals surface area contributed by atoms with Gasteiger partial charge in [0.15, 0.2) is 0 Å². The van der Waals surface area contributed by atoms with E-state index < -0.39 is 0 Å². The molecule has 2 aromatic heterocycles. The van der Waals surface area contributed by atoms with Crippen molar-refractivity contribution in [2.24, 2.45) is 0 Å². The highest BCUT2D eigenvalue weighted by atomic mass is 35.5. The third-order valence-corrected chi connectivity index (χ3v) is 5.78. The molecule has 6 nitrogen and oxygen atoms in total. The van der Waals surface area contributed by atoms with Gasteiger partial charge in [0.25, 0.3) is 0 Å². The minimum absolute atomic E-state index is 0.0462. The molecule has 0 radical (unpaired) electrons. The van der Waals surface area contributed by atoms with Gasteiger partial charge in [0.05, 0.1) is 31.0 Å². The number of aromatic nitrogens is 2. The zero-order valence-electron chi connectivity index (χ0n) is 17.1. The molecule has 1 fully saturated rings. The van der Waals surface area contributed by atoms with Crippen LogP contribution in [0, 0.1) is 13.8 Å². The number of ether oxygens (including phenoxy) is 1. The molecule has 1 amide bonds. The summed E-state index contributed by atoms with van der Waals surface area (Å²) in [6, 6.07) is 13.7. The topological polar surface area (TPSA) is 68.5 Å². The van der Waals surface area contributed by atoms with E-state index in [9.17, 15) is 4.79 Å². The van der Waals surface area contributed by atoms with Gasteiger partial charge < -0.3 is 14.2 Å². The Hall–Kier alpha value is -2.70. The van der Waals surface area contributed by atoms with Crippen molar-refractivity contribution in [3.8, 4) is 0 Å². The molecule has 0 N–H and O–H groups in total. The van der Waals surface area contributed by atoms with Crippen molar-refractivity contribution in [3.05, 3.63) is 81.5 Å². The van der Waals surface area contributed by atoms with Crippen molar-refractivity contribution in [3.63, 3.8) is 0 Å². The summed E-state index contributed by atoms with van der Waals surface area (Å²) in [4.78, 5) is 19.5. The normalized spacial score (nSPS) is 16.6. The van der Waals surface area contributed by atoms with E-state index in [0.29, 0.717) is 31.9 Å². The van der Waals surface area contributed by atoms with E-state index in [1.807, 2.05) is 61.2 Å². The zero-order valence-corrected chi connectivity index (χ0v) is 17.9. The van der Waals surface area contributed by atoms with Crippen molar-refractivity contribution in [2.45, 2.75) is 32.8 Å². The van der Waals surface area contributed by atoms with Gasteiger partial charge in [0, 0.05) is 29.2 Å². The van der Waals surface area contributed by atoms with Crippen molar-refractivity contribution in [1.82, 2.24) is 15.0 Å². The average Bonchev–Trinajstić information content (AvgIpc) is 3.08. The number of benzene rings is 1. The molecule has 0 aliphatic carbocycles. The van der Waals surface area contributed by atoms with E-state index in [1.54, 1.807) is 0 Å². The van der Waals surface area contributed by atoms with E-state index >= 15 is 0 Å². The second-order valence-corrected chi connectivity index (χ2v) is 7.91. The Bertz CT molecular complexity index is 1030. The molecule has 1 atom stereocenters. The Morgan fingerprint density at radius 3 is 2.80 bits per heavy atom. The Labute approximate surface area is 180 Å². The maximum atomic E-state index is 12.9. The maximum absolute atomic E-state index is 12.9. The predicted molar refractivity (Wildman–Crippen MR) is 113 cm³/mol. The first-order valence-corrected chi connectivity index (χ1v) is 10.4. The Kier molecular flexibility index (Phi) is 6.16. The molecule has 0 bridgehead atoms. The SMILES string of the molecule is Cc1noc(C)c1CC(=O)N1CCO[C@H](c2cccc(Cc3ccccc3Cl)n2)C1. The molecule has 3 aromatic rings. The van der Waals surface area contributed by atoms with E-state index in [2.05, 4.69) is 5.16 Å². The van der Waals surface area contributed by atoms with E-state index in [4.69, 9.17) is 25.8 Å². The lowest BCUT2D eigenvalue weighted by molar-refractivity contribution is -0.138. The first-order chi connectivity index (χ1) is 14.5. The molecule has 3 heterocycles. The van der Waals surface area contributed by atoms with Crippen LogP contribution in [0.5, 0.6) is 0 Å². The summed E-state index contributed by atoms with van der Waals surface area (Å²) in [5, 5.41) is 4.67. The van der Waals surface area contributed by atoms with Crippen LogP contribution >= 0.6 is 11.6 Å². The minimum Gasteiger partial charge on any atom is -0.368 e. The molecule has 156 valence electrons. The van der Waals surface area contributed by atoms with Crippen LogP contribution in [-0.4, -0.2) is 40.6 Å². The van der Waals surface area contributed by atoms with Crippen LogP contribution in [0.3, 0.4) is 0 Å².